The molecule has 2 N–H and O–H groups in total. The Labute approximate surface area is 142 Å². The van der Waals surface area contributed by atoms with E-state index in [1.807, 2.05) is 24.3 Å². The van der Waals surface area contributed by atoms with E-state index in [0.717, 1.165) is 24.3 Å². The molecular weight excluding hydrogens is 304 g/mol. The van der Waals surface area contributed by atoms with Crippen LogP contribution in [-0.2, 0) is 6.54 Å². The third-order valence-electron chi connectivity index (χ3n) is 3.62. The number of nitrogens with one attached hydrogen (secondary N) is 2. The van der Waals surface area contributed by atoms with Crippen molar-refractivity contribution in [2.45, 2.75) is 32.7 Å². The number of unbranched alkanes of at least 4 members (excludes halogenated alkanes) is 2. The molecule has 0 aliphatic carbocycles. The van der Waals surface area contributed by atoms with Crippen molar-refractivity contribution in [3.8, 4) is 5.75 Å². The molecule has 0 aliphatic rings. The van der Waals surface area contributed by atoms with Gasteiger partial charge < -0.3 is 15.4 Å². The molecule has 6 heteroatoms. The lowest BCUT2D eigenvalue weighted by Crippen LogP contribution is -2.24. The van der Waals surface area contributed by atoms with Crippen molar-refractivity contribution in [2.24, 2.45) is 0 Å². The van der Waals surface area contributed by atoms with Gasteiger partial charge in [0.1, 0.15) is 23.6 Å². The first-order valence-electron chi connectivity index (χ1n) is 8.20. The molecule has 0 unspecified atom stereocenters. The van der Waals surface area contributed by atoms with Gasteiger partial charge in [0.15, 0.2) is 0 Å². The van der Waals surface area contributed by atoms with Gasteiger partial charge in [-0.2, -0.15) is 0 Å². The number of aromatic nitrogens is 2. The van der Waals surface area contributed by atoms with E-state index in [2.05, 4.69) is 27.5 Å². The van der Waals surface area contributed by atoms with E-state index in [-0.39, 0.29) is 5.91 Å². The molecule has 2 aromatic rings. The Bertz CT molecular complexity index is 661. The lowest BCUT2D eigenvalue weighted by Gasteiger charge is -2.10. The van der Waals surface area contributed by atoms with Crippen LogP contribution in [0.25, 0.3) is 0 Å². The summed E-state index contributed by atoms with van der Waals surface area (Å²) in [5.74, 6) is 1.18. The smallest absolute Gasteiger partial charge is 0.270 e. The van der Waals surface area contributed by atoms with Crippen LogP contribution >= 0.6 is 0 Å². The van der Waals surface area contributed by atoms with Crippen LogP contribution < -0.4 is 15.4 Å². The normalized spacial score (nSPS) is 10.2. The van der Waals surface area contributed by atoms with Crippen LogP contribution in [0.3, 0.4) is 0 Å². The van der Waals surface area contributed by atoms with Gasteiger partial charge in [0.25, 0.3) is 5.91 Å². The standard InChI is InChI=1S/C18H24N4O2/c1-3-4-7-10-19-17-11-15(21-13-22-17)18(23)20-12-14-8-5-6-9-16(14)24-2/h5-6,8-9,11,13H,3-4,7,10,12H2,1-2H3,(H,20,23)(H,19,21,22). The molecule has 0 spiro atoms. The number of benzene rings is 1. The number of anilines is 1. The van der Waals surface area contributed by atoms with Crippen LogP contribution in [0.15, 0.2) is 36.7 Å². The predicted octanol–water partition coefficient (Wildman–Crippen LogP) is 3.02. The van der Waals surface area contributed by atoms with Gasteiger partial charge in [-0.15, -0.1) is 0 Å². The molecule has 0 aliphatic heterocycles. The molecule has 24 heavy (non-hydrogen) atoms. The molecule has 0 fully saturated rings. The fourth-order valence-corrected chi connectivity index (χ4v) is 2.28. The fourth-order valence-electron chi connectivity index (χ4n) is 2.28. The molecule has 1 aromatic heterocycles. The second kappa shape index (κ2) is 9.50. The van der Waals surface area contributed by atoms with E-state index in [9.17, 15) is 4.79 Å². The number of hydrogen-bond donors (Lipinski definition) is 2. The Hall–Kier alpha value is -2.63. The van der Waals surface area contributed by atoms with Crippen molar-refractivity contribution in [1.29, 1.82) is 0 Å². The Balaban J connectivity index is 1.92. The van der Waals surface area contributed by atoms with E-state index in [1.165, 1.54) is 19.2 Å². The van der Waals surface area contributed by atoms with Crippen molar-refractivity contribution in [3.05, 3.63) is 47.9 Å². The largest absolute Gasteiger partial charge is 0.496 e. The molecule has 0 bridgehead atoms. The number of amides is 1. The minimum absolute atomic E-state index is 0.236. The van der Waals surface area contributed by atoms with E-state index in [1.54, 1.807) is 13.2 Å². The first-order valence-corrected chi connectivity index (χ1v) is 8.20. The lowest BCUT2D eigenvalue weighted by molar-refractivity contribution is 0.0945. The van der Waals surface area contributed by atoms with Gasteiger partial charge in [-0.25, -0.2) is 9.97 Å². The number of rotatable bonds is 9. The maximum atomic E-state index is 12.3. The molecule has 128 valence electrons. The van der Waals surface area contributed by atoms with Crippen molar-refractivity contribution in [2.75, 3.05) is 19.0 Å². The summed E-state index contributed by atoms with van der Waals surface area (Å²) in [5.41, 5.74) is 1.26. The zero-order valence-electron chi connectivity index (χ0n) is 14.2. The predicted molar refractivity (Wildman–Crippen MR) is 94.2 cm³/mol. The van der Waals surface area contributed by atoms with E-state index in [0.29, 0.717) is 18.1 Å². The first kappa shape index (κ1) is 17.7. The highest BCUT2D eigenvalue weighted by atomic mass is 16.5. The number of ether oxygens (including phenoxy) is 1. The molecule has 0 saturated heterocycles. The summed E-state index contributed by atoms with van der Waals surface area (Å²) in [4.78, 5) is 20.5. The number of nitrogens with zero attached hydrogens (tertiary/aromatic N) is 2. The summed E-state index contributed by atoms with van der Waals surface area (Å²) in [6.07, 6.45) is 4.82. The van der Waals surface area contributed by atoms with Crippen LogP contribution in [0.2, 0.25) is 0 Å². The van der Waals surface area contributed by atoms with Crippen LogP contribution in [0.5, 0.6) is 5.75 Å². The molecule has 1 amide bonds. The second-order valence-corrected chi connectivity index (χ2v) is 5.42. The van der Waals surface area contributed by atoms with Gasteiger partial charge in [0, 0.05) is 24.7 Å². The summed E-state index contributed by atoms with van der Waals surface area (Å²) in [5, 5.41) is 6.07. The third-order valence-corrected chi connectivity index (χ3v) is 3.62. The second-order valence-electron chi connectivity index (χ2n) is 5.42. The minimum Gasteiger partial charge on any atom is -0.496 e. The quantitative estimate of drug-likeness (QED) is 0.692. The maximum Gasteiger partial charge on any atom is 0.270 e. The average molecular weight is 328 g/mol. The zero-order chi connectivity index (χ0) is 17.2. The Morgan fingerprint density at radius 2 is 2.04 bits per heavy atom. The fraction of sp³-hybridized carbons (Fsp3) is 0.389. The number of carbonyl (C=O) groups is 1. The summed E-state index contributed by atoms with van der Waals surface area (Å²) in [6, 6.07) is 9.26. The Kier molecular flexibility index (Phi) is 7.01. The maximum absolute atomic E-state index is 12.3. The minimum atomic E-state index is -0.236. The molecule has 0 atom stereocenters. The highest BCUT2D eigenvalue weighted by molar-refractivity contribution is 5.92. The highest BCUT2D eigenvalue weighted by Gasteiger charge is 2.10. The average Bonchev–Trinajstić information content (AvgIpc) is 2.63. The summed E-state index contributed by atoms with van der Waals surface area (Å²) >= 11 is 0. The Morgan fingerprint density at radius 1 is 1.21 bits per heavy atom. The number of para-hydroxylation sites is 1. The molecule has 0 radical (unpaired) electrons. The summed E-state index contributed by atoms with van der Waals surface area (Å²) < 4.78 is 5.28. The van der Waals surface area contributed by atoms with Crippen LogP contribution in [0, 0.1) is 0 Å². The SMILES string of the molecule is CCCCCNc1cc(C(=O)NCc2ccccc2OC)ncn1. The molecule has 0 saturated carbocycles. The molecule has 1 heterocycles. The van der Waals surface area contributed by atoms with Gasteiger partial charge in [-0.3, -0.25) is 4.79 Å². The molecule has 1 aromatic carbocycles. The van der Waals surface area contributed by atoms with Crippen LogP contribution in [0.1, 0.15) is 42.2 Å². The summed E-state index contributed by atoms with van der Waals surface area (Å²) in [6.45, 7) is 3.38. The number of hydrogen-bond acceptors (Lipinski definition) is 5. The van der Waals surface area contributed by atoms with Crippen LogP contribution in [0.4, 0.5) is 5.82 Å². The van der Waals surface area contributed by atoms with E-state index >= 15 is 0 Å². The van der Waals surface area contributed by atoms with Gasteiger partial charge in [-0.1, -0.05) is 38.0 Å². The molecular formula is C18H24N4O2. The van der Waals surface area contributed by atoms with Crippen LogP contribution in [-0.4, -0.2) is 29.5 Å². The van der Waals surface area contributed by atoms with Crippen molar-refractivity contribution in [1.82, 2.24) is 15.3 Å². The van der Waals surface area contributed by atoms with E-state index < -0.39 is 0 Å². The zero-order valence-corrected chi connectivity index (χ0v) is 14.2. The number of methoxy groups -OCH3 is 1. The van der Waals surface area contributed by atoms with Crippen molar-refractivity contribution in [3.63, 3.8) is 0 Å². The van der Waals surface area contributed by atoms with E-state index in [4.69, 9.17) is 4.74 Å². The molecule has 2 rings (SSSR count). The first-order chi connectivity index (χ1) is 11.7. The molecule has 6 nitrogen and oxygen atoms in total. The number of carbonyl (C=O) groups excluding carboxylic acids is 1. The van der Waals surface area contributed by atoms with Gasteiger partial charge in [0.2, 0.25) is 0 Å². The van der Waals surface area contributed by atoms with Crippen molar-refractivity contribution < 1.29 is 9.53 Å². The highest BCUT2D eigenvalue weighted by Crippen LogP contribution is 2.16. The topological polar surface area (TPSA) is 76.1 Å². The van der Waals surface area contributed by atoms with Gasteiger partial charge in [0.05, 0.1) is 7.11 Å². The third kappa shape index (κ3) is 5.22. The lowest BCUT2D eigenvalue weighted by atomic mass is 10.2. The monoisotopic (exact) mass is 328 g/mol. The summed E-state index contributed by atoms with van der Waals surface area (Å²) in [7, 11) is 1.61. The van der Waals surface area contributed by atoms with Gasteiger partial charge >= 0.3 is 0 Å². The van der Waals surface area contributed by atoms with Crippen molar-refractivity contribution >= 4 is 11.7 Å². The van der Waals surface area contributed by atoms with Gasteiger partial charge in [-0.05, 0) is 12.5 Å². The Morgan fingerprint density at radius 3 is 2.83 bits per heavy atom.